The number of benzene rings is 2. The Morgan fingerprint density at radius 2 is 1.35 bits per heavy atom. The van der Waals surface area contributed by atoms with Gasteiger partial charge in [0.25, 0.3) is 0 Å². The fourth-order valence-electron chi connectivity index (χ4n) is 1.55. The van der Waals surface area contributed by atoms with E-state index in [4.69, 9.17) is 0 Å². The van der Waals surface area contributed by atoms with Crippen LogP contribution in [0.5, 0.6) is 0 Å². The first-order valence-corrected chi connectivity index (χ1v) is 5.11. The Kier molecular flexibility index (Phi) is 4.94. The summed E-state index contributed by atoms with van der Waals surface area (Å²) in [6.07, 6.45) is -1.08. The molecule has 2 aromatic carbocycles. The van der Waals surface area contributed by atoms with E-state index >= 15 is 0 Å². The number of rotatable bonds is 3. The summed E-state index contributed by atoms with van der Waals surface area (Å²) in [4.78, 5) is 11.9. The van der Waals surface area contributed by atoms with E-state index in [9.17, 15) is 9.90 Å². The first-order valence-electron chi connectivity index (χ1n) is 5.11. The van der Waals surface area contributed by atoms with Crippen LogP contribution in [0.25, 0.3) is 0 Å². The molecule has 1 unspecified atom stereocenters. The maximum Gasteiger partial charge on any atom is 0.195 e. The van der Waals surface area contributed by atoms with Gasteiger partial charge in [-0.15, -0.1) is 0 Å². The van der Waals surface area contributed by atoms with Crippen molar-refractivity contribution in [1.29, 1.82) is 0 Å². The topological polar surface area (TPSA) is 37.3 Å². The zero-order valence-electron chi connectivity index (χ0n) is 9.21. The second-order valence-electron chi connectivity index (χ2n) is 3.54. The molecule has 0 radical (unpaired) electrons. The highest BCUT2D eigenvalue weighted by Gasteiger charge is 2.18. The van der Waals surface area contributed by atoms with Crippen molar-refractivity contribution in [3.05, 3.63) is 71.8 Å². The van der Waals surface area contributed by atoms with Gasteiger partial charge in [-0.05, 0) is 5.56 Å². The van der Waals surface area contributed by atoms with E-state index in [0.29, 0.717) is 11.1 Å². The number of aliphatic hydroxyl groups is 1. The normalized spacial score (nSPS) is 11.4. The highest BCUT2D eigenvalue weighted by molar-refractivity contribution is 7.59. The lowest BCUT2D eigenvalue weighted by Crippen LogP contribution is -2.11. The van der Waals surface area contributed by atoms with Gasteiger partial charge in [0.1, 0.15) is 6.10 Å². The first-order chi connectivity index (χ1) is 7.79. The molecule has 0 saturated heterocycles. The van der Waals surface area contributed by atoms with Crippen molar-refractivity contribution in [2.45, 2.75) is 6.10 Å². The molecule has 0 aliphatic rings. The van der Waals surface area contributed by atoms with Gasteiger partial charge in [0.05, 0.1) is 0 Å². The van der Waals surface area contributed by atoms with Gasteiger partial charge in [-0.25, -0.2) is 0 Å². The highest BCUT2D eigenvalue weighted by atomic mass is 32.1. The molecule has 2 aromatic rings. The molecule has 0 fully saturated rings. The number of carbonyl (C=O) groups is 1. The molecule has 0 heterocycles. The third-order valence-electron chi connectivity index (χ3n) is 2.42. The van der Waals surface area contributed by atoms with E-state index in [1.54, 1.807) is 48.5 Å². The molecular formula is C14H14O2S. The molecule has 2 nitrogen and oxygen atoms in total. The predicted molar refractivity (Wildman–Crippen MR) is 72.6 cm³/mol. The van der Waals surface area contributed by atoms with E-state index < -0.39 is 6.10 Å². The van der Waals surface area contributed by atoms with Crippen LogP contribution < -0.4 is 0 Å². The summed E-state index contributed by atoms with van der Waals surface area (Å²) in [5, 5.41) is 9.89. The van der Waals surface area contributed by atoms with Crippen LogP contribution in [0.3, 0.4) is 0 Å². The Labute approximate surface area is 107 Å². The molecule has 0 aliphatic heterocycles. The number of hydrogen-bond donors (Lipinski definition) is 1. The molecule has 0 aliphatic carbocycles. The van der Waals surface area contributed by atoms with Gasteiger partial charge in [0, 0.05) is 5.56 Å². The molecule has 17 heavy (non-hydrogen) atoms. The van der Waals surface area contributed by atoms with Crippen molar-refractivity contribution in [2.24, 2.45) is 0 Å². The number of carbonyl (C=O) groups excluding carboxylic acids is 1. The number of hydrogen-bond acceptors (Lipinski definition) is 2. The van der Waals surface area contributed by atoms with Crippen LogP contribution >= 0.6 is 13.5 Å². The molecular weight excluding hydrogens is 232 g/mol. The van der Waals surface area contributed by atoms with Gasteiger partial charge < -0.3 is 5.11 Å². The summed E-state index contributed by atoms with van der Waals surface area (Å²) in [6, 6.07) is 17.7. The molecule has 2 rings (SSSR count). The average Bonchev–Trinajstić information content (AvgIpc) is 2.39. The van der Waals surface area contributed by atoms with Crippen molar-refractivity contribution in [3.63, 3.8) is 0 Å². The maximum atomic E-state index is 11.9. The lowest BCUT2D eigenvalue weighted by Gasteiger charge is -2.09. The van der Waals surface area contributed by atoms with Crippen LogP contribution in [0, 0.1) is 0 Å². The van der Waals surface area contributed by atoms with Crippen LogP contribution in [0.2, 0.25) is 0 Å². The van der Waals surface area contributed by atoms with Gasteiger partial charge in [-0.2, -0.15) is 13.5 Å². The Bertz CT molecular complexity index is 468. The summed E-state index contributed by atoms with van der Waals surface area (Å²) in [5.74, 6) is -0.271. The molecule has 1 atom stereocenters. The van der Waals surface area contributed by atoms with Crippen molar-refractivity contribution in [1.82, 2.24) is 0 Å². The third-order valence-corrected chi connectivity index (χ3v) is 2.42. The minimum Gasteiger partial charge on any atom is -0.380 e. The van der Waals surface area contributed by atoms with E-state index in [2.05, 4.69) is 0 Å². The van der Waals surface area contributed by atoms with Gasteiger partial charge >= 0.3 is 0 Å². The predicted octanol–water partition coefficient (Wildman–Crippen LogP) is 2.72. The first kappa shape index (κ1) is 13.5. The van der Waals surface area contributed by atoms with Crippen molar-refractivity contribution in [2.75, 3.05) is 0 Å². The third kappa shape index (κ3) is 3.19. The fraction of sp³-hybridized carbons (Fsp3) is 0.0714. The van der Waals surface area contributed by atoms with Crippen LogP contribution in [0.15, 0.2) is 60.7 Å². The van der Waals surface area contributed by atoms with Crippen molar-refractivity contribution in [3.8, 4) is 0 Å². The van der Waals surface area contributed by atoms with E-state index in [-0.39, 0.29) is 19.3 Å². The van der Waals surface area contributed by atoms with Crippen LogP contribution in [-0.4, -0.2) is 10.9 Å². The Hall–Kier alpha value is -1.58. The maximum absolute atomic E-state index is 11.9. The number of Topliss-reactive ketones (excluding diaryl/α,β-unsaturated/α-hetero) is 1. The van der Waals surface area contributed by atoms with Crippen LogP contribution in [0.1, 0.15) is 22.0 Å². The second kappa shape index (κ2) is 6.23. The van der Waals surface area contributed by atoms with Gasteiger partial charge in [-0.1, -0.05) is 60.7 Å². The minimum absolute atomic E-state index is 0. The minimum atomic E-state index is -1.08. The van der Waals surface area contributed by atoms with Crippen molar-refractivity contribution >= 4 is 19.3 Å². The Balaban J connectivity index is 0.00000144. The van der Waals surface area contributed by atoms with E-state index in [0.717, 1.165) is 0 Å². The molecule has 0 aromatic heterocycles. The van der Waals surface area contributed by atoms with Crippen LogP contribution in [0.4, 0.5) is 0 Å². The highest BCUT2D eigenvalue weighted by Crippen LogP contribution is 2.17. The van der Waals surface area contributed by atoms with Crippen molar-refractivity contribution < 1.29 is 9.90 Å². The average molecular weight is 246 g/mol. The Morgan fingerprint density at radius 1 is 0.882 bits per heavy atom. The second-order valence-corrected chi connectivity index (χ2v) is 3.54. The van der Waals surface area contributed by atoms with Gasteiger partial charge in [0.2, 0.25) is 0 Å². The quantitative estimate of drug-likeness (QED) is 0.845. The lowest BCUT2D eigenvalue weighted by atomic mass is 10.0. The Morgan fingerprint density at radius 3 is 1.88 bits per heavy atom. The molecule has 0 spiro atoms. The summed E-state index contributed by atoms with van der Waals surface area (Å²) in [5.41, 5.74) is 1.15. The van der Waals surface area contributed by atoms with Gasteiger partial charge in [-0.3, -0.25) is 4.79 Å². The summed E-state index contributed by atoms with van der Waals surface area (Å²) in [6.45, 7) is 0. The number of ketones is 1. The van der Waals surface area contributed by atoms with Gasteiger partial charge in [0.15, 0.2) is 5.78 Å². The zero-order chi connectivity index (χ0) is 11.4. The number of aliphatic hydroxyl groups excluding tert-OH is 1. The van der Waals surface area contributed by atoms with Crippen LogP contribution in [-0.2, 0) is 0 Å². The largest absolute Gasteiger partial charge is 0.380 e. The molecule has 0 bridgehead atoms. The summed E-state index contributed by atoms with van der Waals surface area (Å²) in [7, 11) is 0. The smallest absolute Gasteiger partial charge is 0.195 e. The summed E-state index contributed by atoms with van der Waals surface area (Å²) >= 11 is 0. The standard InChI is InChI=1S/C14H12O2.H2S/c15-13(11-7-3-1-4-8-11)14(16)12-9-5-2-6-10-12;/h1-10,13,15H;1H2. The monoisotopic (exact) mass is 246 g/mol. The SMILES string of the molecule is O=C(c1ccccc1)C(O)c1ccccc1.S. The molecule has 88 valence electrons. The van der Waals surface area contributed by atoms with E-state index in [1.165, 1.54) is 0 Å². The lowest BCUT2D eigenvalue weighted by molar-refractivity contribution is 0.0747. The molecule has 0 saturated carbocycles. The summed E-state index contributed by atoms with van der Waals surface area (Å²) < 4.78 is 0. The molecule has 3 heteroatoms. The fourth-order valence-corrected chi connectivity index (χ4v) is 1.55. The molecule has 1 N–H and O–H groups in total. The van der Waals surface area contributed by atoms with E-state index in [1.807, 2.05) is 12.1 Å². The molecule has 0 amide bonds. The zero-order valence-corrected chi connectivity index (χ0v) is 10.2.